The normalized spacial score (nSPS) is 17.6. The van der Waals surface area contributed by atoms with Gasteiger partial charge in [-0.15, -0.1) is 0 Å². The van der Waals surface area contributed by atoms with Crippen molar-refractivity contribution in [3.63, 3.8) is 0 Å². The summed E-state index contributed by atoms with van der Waals surface area (Å²) in [5.41, 5.74) is 0. The smallest absolute Gasteiger partial charge is 0.0265 e. The Morgan fingerprint density at radius 1 is 1.00 bits per heavy atom. The van der Waals surface area contributed by atoms with Crippen LogP contribution in [-0.4, -0.2) is 0 Å². The van der Waals surface area contributed by atoms with E-state index in [1.807, 2.05) is 0 Å². The third-order valence-corrected chi connectivity index (χ3v) is 3.89. The minimum Gasteiger partial charge on any atom is -0.0880 e. The molecule has 0 aromatic heterocycles. The molecule has 0 aromatic carbocycles. The van der Waals surface area contributed by atoms with Crippen LogP contribution in [0.1, 0.15) is 73.1 Å². The fourth-order valence-corrected chi connectivity index (χ4v) is 2.18. The molecule has 0 spiro atoms. The van der Waals surface area contributed by atoms with E-state index >= 15 is 0 Å². The van der Waals surface area contributed by atoms with Gasteiger partial charge in [0.15, 0.2) is 0 Å². The second-order valence-corrected chi connectivity index (χ2v) is 5.34. The second-order valence-electron chi connectivity index (χ2n) is 5.34. The Hall–Kier alpha value is -0.260. The van der Waals surface area contributed by atoms with Crippen molar-refractivity contribution in [3.8, 4) is 0 Å². The standard InChI is InChI=1S/C16H32/c1-6-9-12-15(5)16(8-3)13-10-11-14(4)7-2/h10-11,14-16H,6-9,12-13H2,1-5H3. The topological polar surface area (TPSA) is 0 Å². The van der Waals surface area contributed by atoms with Crippen molar-refractivity contribution in [2.24, 2.45) is 17.8 Å². The zero-order chi connectivity index (χ0) is 12.4. The minimum atomic E-state index is 0.753. The molecule has 0 heterocycles. The Balaban J connectivity index is 3.94. The Kier molecular flexibility index (Phi) is 9.77. The van der Waals surface area contributed by atoms with E-state index in [2.05, 4.69) is 46.8 Å². The molecule has 0 fully saturated rings. The molecule has 0 aliphatic heterocycles. The van der Waals surface area contributed by atoms with Gasteiger partial charge in [0.2, 0.25) is 0 Å². The quantitative estimate of drug-likeness (QED) is 0.432. The molecule has 0 saturated carbocycles. The predicted molar refractivity (Wildman–Crippen MR) is 75.7 cm³/mol. The fourth-order valence-electron chi connectivity index (χ4n) is 2.18. The summed E-state index contributed by atoms with van der Waals surface area (Å²) in [5, 5.41) is 0. The van der Waals surface area contributed by atoms with Crippen LogP contribution in [0.2, 0.25) is 0 Å². The van der Waals surface area contributed by atoms with Gasteiger partial charge in [-0.1, -0.05) is 78.9 Å². The van der Waals surface area contributed by atoms with Crippen LogP contribution in [0.15, 0.2) is 12.2 Å². The maximum absolute atomic E-state index is 2.43. The van der Waals surface area contributed by atoms with Crippen LogP contribution >= 0.6 is 0 Å². The third kappa shape index (κ3) is 7.09. The molecule has 0 amide bonds. The lowest BCUT2D eigenvalue weighted by molar-refractivity contribution is 0.323. The molecule has 96 valence electrons. The van der Waals surface area contributed by atoms with Gasteiger partial charge in [-0.05, 0) is 24.2 Å². The summed E-state index contributed by atoms with van der Waals surface area (Å²) >= 11 is 0. The number of allylic oxidation sites excluding steroid dienone is 2. The van der Waals surface area contributed by atoms with Crippen molar-refractivity contribution in [1.29, 1.82) is 0 Å². The number of hydrogen-bond donors (Lipinski definition) is 0. The van der Waals surface area contributed by atoms with Gasteiger partial charge < -0.3 is 0 Å². The van der Waals surface area contributed by atoms with Gasteiger partial charge in [0, 0.05) is 0 Å². The van der Waals surface area contributed by atoms with Gasteiger partial charge in [-0.2, -0.15) is 0 Å². The number of unbranched alkanes of at least 4 members (excludes halogenated alkanes) is 1. The molecule has 0 radical (unpaired) electrons. The van der Waals surface area contributed by atoms with Crippen molar-refractivity contribution in [3.05, 3.63) is 12.2 Å². The molecule has 0 nitrogen and oxygen atoms in total. The molecule has 0 heteroatoms. The van der Waals surface area contributed by atoms with E-state index in [-0.39, 0.29) is 0 Å². The molecule has 0 aliphatic rings. The highest BCUT2D eigenvalue weighted by Crippen LogP contribution is 2.25. The summed E-state index contributed by atoms with van der Waals surface area (Å²) in [6, 6.07) is 0. The van der Waals surface area contributed by atoms with Crippen molar-refractivity contribution in [2.45, 2.75) is 73.1 Å². The Morgan fingerprint density at radius 3 is 2.19 bits per heavy atom. The first-order valence-corrected chi connectivity index (χ1v) is 7.32. The Morgan fingerprint density at radius 2 is 1.69 bits per heavy atom. The molecular formula is C16H32. The van der Waals surface area contributed by atoms with Crippen LogP contribution in [0.25, 0.3) is 0 Å². The predicted octanol–water partition coefficient (Wildman–Crippen LogP) is 5.83. The first-order valence-electron chi connectivity index (χ1n) is 7.32. The molecule has 16 heavy (non-hydrogen) atoms. The highest BCUT2D eigenvalue weighted by Gasteiger charge is 2.13. The average molecular weight is 224 g/mol. The van der Waals surface area contributed by atoms with Gasteiger partial charge in [0.25, 0.3) is 0 Å². The fraction of sp³-hybridized carbons (Fsp3) is 0.875. The Bertz CT molecular complexity index is 169. The summed E-state index contributed by atoms with van der Waals surface area (Å²) in [6.07, 6.45) is 12.8. The van der Waals surface area contributed by atoms with Crippen LogP contribution in [0, 0.1) is 17.8 Å². The molecule has 0 N–H and O–H groups in total. The first-order chi connectivity index (χ1) is 7.65. The molecule has 3 atom stereocenters. The average Bonchev–Trinajstić information content (AvgIpc) is 2.31. The first kappa shape index (κ1) is 15.7. The zero-order valence-corrected chi connectivity index (χ0v) is 12.1. The van der Waals surface area contributed by atoms with Crippen molar-refractivity contribution in [2.75, 3.05) is 0 Å². The summed E-state index contributed by atoms with van der Waals surface area (Å²) in [4.78, 5) is 0. The van der Waals surface area contributed by atoms with Crippen molar-refractivity contribution in [1.82, 2.24) is 0 Å². The van der Waals surface area contributed by atoms with E-state index in [1.165, 1.54) is 38.5 Å². The van der Waals surface area contributed by atoms with Crippen LogP contribution in [0.3, 0.4) is 0 Å². The lowest BCUT2D eigenvalue weighted by atomic mass is 9.85. The molecule has 0 bridgehead atoms. The summed E-state index contributed by atoms with van der Waals surface area (Å²) < 4.78 is 0. The molecule has 0 saturated heterocycles. The SMILES string of the molecule is CCCCC(C)C(CC)CC=CC(C)CC. The van der Waals surface area contributed by atoms with Crippen LogP contribution in [-0.2, 0) is 0 Å². The third-order valence-electron chi connectivity index (χ3n) is 3.89. The largest absolute Gasteiger partial charge is 0.0880 e. The van der Waals surface area contributed by atoms with E-state index < -0.39 is 0 Å². The lowest BCUT2D eigenvalue weighted by Gasteiger charge is -2.21. The second kappa shape index (κ2) is 9.93. The van der Waals surface area contributed by atoms with E-state index in [0.29, 0.717) is 0 Å². The van der Waals surface area contributed by atoms with Crippen LogP contribution in [0.5, 0.6) is 0 Å². The minimum absolute atomic E-state index is 0.753. The van der Waals surface area contributed by atoms with Crippen molar-refractivity contribution < 1.29 is 0 Å². The van der Waals surface area contributed by atoms with E-state index in [0.717, 1.165) is 17.8 Å². The number of rotatable bonds is 9. The Labute approximate surface area is 104 Å². The van der Waals surface area contributed by atoms with Crippen LogP contribution < -0.4 is 0 Å². The monoisotopic (exact) mass is 224 g/mol. The molecule has 0 aliphatic carbocycles. The maximum Gasteiger partial charge on any atom is -0.0265 e. The van der Waals surface area contributed by atoms with Gasteiger partial charge in [-0.3, -0.25) is 0 Å². The molecular weight excluding hydrogens is 192 g/mol. The summed E-state index contributed by atoms with van der Waals surface area (Å²) in [5.74, 6) is 2.54. The van der Waals surface area contributed by atoms with Gasteiger partial charge in [-0.25, -0.2) is 0 Å². The lowest BCUT2D eigenvalue weighted by Crippen LogP contribution is -2.10. The summed E-state index contributed by atoms with van der Waals surface area (Å²) in [7, 11) is 0. The van der Waals surface area contributed by atoms with Gasteiger partial charge in [0.05, 0.1) is 0 Å². The van der Waals surface area contributed by atoms with Crippen LogP contribution in [0.4, 0.5) is 0 Å². The molecule has 3 unspecified atom stereocenters. The van der Waals surface area contributed by atoms with Crippen molar-refractivity contribution >= 4 is 0 Å². The van der Waals surface area contributed by atoms with E-state index in [4.69, 9.17) is 0 Å². The highest BCUT2D eigenvalue weighted by molar-refractivity contribution is 4.88. The van der Waals surface area contributed by atoms with E-state index in [1.54, 1.807) is 0 Å². The van der Waals surface area contributed by atoms with Gasteiger partial charge in [0.1, 0.15) is 0 Å². The molecule has 0 aromatic rings. The molecule has 0 rings (SSSR count). The van der Waals surface area contributed by atoms with Gasteiger partial charge >= 0.3 is 0 Å². The highest BCUT2D eigenvalue weighted by atomic mass is 14.2. The number of hydrogen-bond acceptors (Lipinski definition) is 0. The zero-order valence-electron chi connectivity index (χ0n) is 12.1. The van der Waals surface area contributed by atoms with E-state index in [9.17, 15) is 0 Å². The summed E-state index contributed by atoms with van der Waals surface area (Å²) in [6.45, 7) is 11.6. The maximum atomic E-state index is 2.43.